The third-order valence-corrected chi connectivity index (χ3v) is 6.92. The Morgan fingerprint density at radius 2 is 1.67 bits per heavy atom. The zero-order chi connectivity index (χ0) is 22.6. The van der Waals surface area contributed by atoms with Crippen molar-refractivity contribution < 1.29 is 19.4 Å². The number of aromatic hydroxyl groups is 1. The Morgan fingerprint density at radius 1 is 0.939 bits per heavy atom. The highest BCUT2D eigenvalue weighted by molar-refractivity contribution is 7.21. The van der Waals surface area contributed by atoms with Crippen molar-refractivity contribution in [2.45, 2.75) is 12.8 Å². The molecule has 1 aliphatic rings. The normalized spacial score (nSPS) is 13.9. The summed E-state index contributed by atoms with van der Waals surface area (Å²) in [6.07, 6.45) is 2.55. The second kappa shape index (κ2) is 9.65. The lowest BCUT2D eigenvalue weighted by Crippen LogP contribution is -2.25. The fourth-order valence-electron chi connectivity index (χ4n) is 4.05. The number of ketones is 1. The molecule has 0 spiro atoms. The van der Waals surface area contributed by atoms with Crippen LogP contribution >= 0.6 is 11.3 Å². The Hall–Kier alpha value is -3.35. The number of carbonyl (C=O) groups is 1. The average molecular weight is 460 g/mol. The fourth-order valence-corrected chi connectivity index (χ4v) is 5.18. The number of likely N-dealkylation sites (tertiary alicyclic amines) is 1. The van der Waals surface area contributed by atoms with Gasteiger partial charge in [-0.2, -0.15) is 0 Å². The summed E-state index contributed by atoms with van der Waals surface area (Å²) in [6, 6.07) is 21.7. The van der Waals surface area contributed by atoms with Crippen LogP contribution in [-0.4, -0.2) is 42.0 Å². The molecule has 1 N–H and O–H groups in total. The summed E-state index contributed by atoms with van der Waals surface area (Å²) in [5.41, 5.74) is 0.597. The first-order chi connectivity index (χ1) is 16.2. The van der Waals surface area contributed by atoms with Crippen LogP contribution in [0.3, 0.4) is 0 Å². The predicted octanol–water partition coefficient (Wildman–Crippen LogP) is 6.10. The van der Waals surface area contributed by atoms with Crippen LogP contribution in [0.15, 0.2) is 72.8 Å². The van der Waals surface area contributed by atoms with Crippen LogP contribution in [0, 0.1) is 0 Å². The molecular weight excluding hydrogens is 434 g/mol. The van der Waals surface area contributed by atoms with Gasteiger partial charge in [0.25, 0.3) is 0 Å². The molecule has 1 saturated heterocycles. The Labute approximate surface area is 196 Å². The summed E-state index contributed by atoms with van der Waals surface area (Å²) in [6.45, 7) is 3.92. The summed E-state index contributed by atoms with van der Waals surface area (Å²) in [4.78, 5) is 16.2. The van der Waals surface area contributed by atoms with E-state index in [0.717, 1.165) is 35.5 Å². The van der Waals surface area contributed by atoms with Crippen LogP contribution in [0.4, 0.5) is 0 Å². The topological polar surface area (TPSA) is 59.0 Å². The first kappa shape index (κ1) is 21.5. The maximum absolute atomic E-state index is 13.2. The molecule has 1 aromatic heterocycles. The third-order valence-electron chi connectivity index (χ3n) is 5.79. The number of phenolic OH excluding ortho intramolecular Hbond substituents is 1. The molecule has 2 heterocycles. The van der Waals surface area contributed by atoms with Gasteiger partial charge >= 0.3 is 0 Å². The molecule has 1 aliphatic heterocycles. The molecule has 33 heavy (non-hydrogen) atoms. The highest BCUT2D eigenvalue weighted by Gasteiger charge is 2.22. The van der Waals surface area contributed by atoms with Gasteiger partial charge in [0.15, 0.2) is 5.75 Å². The number of phenols is 1. The number of thiophene rings is 1. The van der Waals surface area contributed by atoms with Crippen molar-refractivity contribution in [3.8, 4) is 23.0 Å². The van der Waals surface area contributed by atoms with Gasteiger partial charge in [0.1, 0.15) is 28.7 Å². The highest BCUT2D eigenvalue weighted by Crippen LogP contribution is 2.42. The van der Waals surface area contributed by atoms with E-state index >= 15 is 0 Å². The zero-order valence-corrected chi connectivity index (χ0v) is 19.0. The number of hydrogen-bond donors (Lipinski definition) is 1. The minimum Gasteiger partial charge on any atom is -0.508 e. The molecular formula is C27H25NO4S. The smallest absolute Gasteiger partial charge is 0.206 e. The Bertz CT molecular complexity index is 1240. The van der Waals surface area contributed by atoms with E-state index in [0.29, 0.717) is 28.5 Å². The molecule has 0 saturated carbocycles. The molecule has 0 amide bonds. The van der Waals surface area contributed by atoms with E-state index in [4.69, 9.17) is 9.47 Å². The number of benzene rings is 3. The van der Waals surface area contributed by atoms with Crippen molar-refractivity contribution >= 4 is 27.2 Å². The first-order valence-electron chi connectivity index (χ1n) is 11.2. The van der Waals surface area contributed by atoms with Gasteiger partial charge in [-0.1, -0.05) is 30.3 Å². The quantitative estimate of drug-likeness (QED) is 0.322. The SMILES string of the molecule is O=C(c1ccccc1)c1sc2cc(O)ccc2c1Oc1ccc(OCCN2CCCC2)cc1. The number of rotatable bonds is 8. The molecule has 0 aliphatic carbocycles. The number of fused-ring (bicyclic) bond motifs is 1. The van der Waals surface area contributed by atoms with Gasteiger partial charge in [0, 0.05) is 22.2 Å². The maximum Gasteiger partial charge on any atom is 0.206 e. The number of hydrogen-bond acceptors (Lipinski definition) is 6. The molecule has 4 aromatic rings. The summed E-state index contributed by atoms with van der Waals surface area (Å²) < 4.78 is 12.9. The predicted molar refractivity (Wildman–Crippen MR) is 131 cm³/mol. The van der Waals surface area contributed by atoms with Crippen LogP contribution in [0.25, 0.3) is 10.1 Å². The largest absolute Gasteiger partial charge is 0.508 e. The van der Waals surface area contributed by atoms with Crippen molar-refractivity contribution in [3.63, 3.8) is 0 Å². The van der Waals surface area contributed by atoms with Gasteiger partial charge in [-0.3, -0.25) is 9.69 Å². The number of carbonyl (C=O) groups excluding carboxylic acids is 1. The number of ether oxygens (including phenoxy) is 2. The lowest BCUT2D eigenvalue weighted by Gasteiger charge is -2.15. The molecule has 0 radical (unpaired) electrons. The van der Waals surface area contributed by atoms with Gasteiger partial charge in [-0.05, 0) is 68.4 Å². The van der Waals surface area contributed by atoms with E-state index in [1.807, 2.05) is 42.5 Å². The molecule has 0 bridgehead atoms. The Balaban J connectivity index is 1.37. The van der Waals surface area contributed by atoms with E-state index in [1.54, 1.807) is 30.3 Å². The van der Waals surface area contributed by atoms with Crippen LogP contribution in [0.5, 0.6) is 23.0 Å². The molecule has 168 valence electrons. The van der Waals surface area contributed by atoms with Crippen LogP contribution in [0.2, 0.25) is 0 Å². The first-order valence-corrected chi connectivity index (χ1v) is 12.0. The molecule has 1 fully saturated rings. The van der Waals surface area contributed by atoms with E-state index in [-0.39, 0.29) is 11.5 Å². The highest BCUT2D eigenvalue weighted by atomic mass is 32.1. The zero-order valence-electron chi connectivity index (χ0n) is 18.2. The van der Waals surface area contributed by atoms with Crippen molar-refractivity contribution in [2.24, 2.45) is 0 Å². The molecule has 0 unspecified atom stereocenters. The fraction of sp³-hybridized carbons (Fsp3) is 0.222. The molecule has 3 aromatic carbocycles. The van der Waals surface area contributed by atoms with E-state index in [1.165, 1.54) is 24.2 Å². The standard InChI is InChI=1S/C27H25NO4S/c29-20-8-13-23-24(18-20)33-27(25(30)19-6-2-1-3-7-19)26(23)32-22-11-9-21(10-12-22)31-17-16-28-14-4-5-15-28/h1-3,6-13,18,29H,4-5,14-17H2. The van der Waals surface area contributed by atoms with Crippen LogP contribution < -0.4 is 9.47 Å². The second-order valence-corrected chi connectivity index (χ2v) is 9.16. The molecule has 6 heteroatoms. The summed E-state index contributed by atoms with van der Waals surface area (Å²) in [7, 11) is 0. The van der Waals surface area contributed by atoms with E-state index in [9.17, 15) is 9.90 Å². The van der Waals surface area contributed by atoms with Gasteiger partial charge in [0.05, 0.1) is 0 Å². The van der Waals surface area contributed by atoms with E-state index in [2.05, 4.69) is 4.90 Å². The average Bonchev–Trinajstić information content (AvgIpc) is 3.48. The van der Waals surface area contributed by atoms with Crippen molar-refractivity contribution in [1.29, 1.82) is 0 Å². The van der Waals surface area contributed by atoms with Gasteiger partial charge in [-0.15, -0.1) is 11.3 Å². The second-order valence-electron chi connectivity index (χ2n) is 8.11. The lowest BCUT2D eigenvalue weighted by molar-refractivity contribution is 0.104. The van der Waals surface area contributed by atoms with Gasteiger partial charge in [-0.25, -0.2) is 0 Å². The summed E-state index contributed by atoms with van der Waals surface area (Å²) in [5.74, 6) is 1.98. The molecule has 5 nitrogen and oxygen atoms in total. The minimum absolute atomic E-state index is 0.104. The minimum atomic E-state index is -0.104. The van der Waals surface area contributed by atoms with Crippen LogP contribution in [-0.2, 0) is 0 Å². The van der Waals surface area contributed by atoms with E-state index < -0.39 is 0 Å². The van der Waals surface area contributed by atoms with Crippen molar-refractivity contribution in [3.05, 3.63) is 83.2 Å². The number of nitrogens with zero attached hydrogens (tertiary/aromatic N) is 1. The Kier molecular flexibility index (Phi) is 6.28. The molecule has 0 atom stereocenters. The van der Waals surface area contributed by atoms with Crippen molar-refractivity contribution in [1.82, 2.24) is 4.90 Å². The monoisotopic (exact) mass is 459 g/mol. The van der Waals surface area contributed by atoms with Crippen molar-refractivity contribution in [2.75, 3.05) is 26.2 Å². The van der Waals surface area contributed by atoms with Gasteiger partial charge < -0.3 is 14.6 Å². The Morgan fingerprint density at radius 3 is 2.42 bits per heavy atom. The maximum atomic E-state index is 13.2. The summed E-state index contributed by atoms with van der Waals surface area (Å²) in [5, 5.41) is 10.7. The summed E-state index contributed by atoms with van der Waals surface area (Å²) >= 11 is 1.32. The lowest BCUT2D eigenvalue weighted by atomic mass is 10.1. The van der Waals surface area contributed by atoms with Gasteiger partial charge in [0.2, 0.25) is 5.78 Å². The molecule has 5 rings (SSSR count). The van der Waals surface area contributed by atoms with Crippen LogP contribution in [0.1, 0.15) is 28.1 Å². The third kappa shape index (κ3) is 4.87.